The van der Waals surface area contributed by atoms with E-state index < -0.39 is 5.97 Å². The van der Waals surface area contributed by atoms with Crippen molar-refractivity contribution in [3.05, 3.63) is 29.6 Å². The van der Waals surface area contributed by atoms with Crippen LogP contribution in [0, 0.1) is 0 Å². The number of rotatable bonds is 7. The Morgan fingerprint density at radius 2 is 2.24 bits per heavy atom. The summed E-state index contributed by atoms with van der Waals surface area (Å²) in [5.41, 5.74) is 0.0314. The van der Waals surface area contributed by atoms with Crippen LogP contribution in [0.15, 0.2) is 18.2 Å². The minimum atomic E-state index is -1.09. The molecule has 0 spiro atoms. The molecule has 8 nitrogen and oxygen atoms in total. The van der Waals surface area contributed by atoms with Gasteiger partial charge in [0, 0.05) is 6.54 Å². The zero-order chi connectivity index (χ0) is 15.2. The molecule has 0 bridgehead atoms. The van der Waals surface area contributed by atoms with Crippen LogP contribution in [0.4, 0.5) is 0 Å². The molecule has 112 valence electrons. The Morgan fingerprint density at radius 3 is 2.90 bits per heavy atom. The highest BCUT2D eigenvalue weighted by Crippen LogP contribution is 2.31. The average Bonchev–Trinajstić information content (AvgIpc) is 2.92. The number of nitrogens with zero attached hydrogens (tertiary/aromatic N) is 4. The van der Waals surface area contributed by atoms with Gasteiger partial charge in [-0.05, 0) is 29.0 Å². The van der Waals surface area contributed by atoms with Gasteiger partial charge in [0.05, 0.1) is 7.11 Å². The fourth-order valence-corrected chi connectivity index (χ4v) is 1.84. The monoisotopic (exact) mass is 292 g/mol. The molecule has 0 saturated heterocycles. The summed E-state index contributed by atoms with van der Waals surface area (Å²) in [5, 5.41) is 20.5. The van der Waals surface area contributed by atoms with Gasteiger partial charge in [-0.15, -0.1) is 5.10 Å². The number of carboxylic acid groups (broad SMARTS) is 1. The van der Waals surface area contributed by atoms with Crippen molar-refractivity contribution in [3.8, 4) is 11.5 Å². The van der Waals surface area contributed by atoms with Gasteiger partial charge < -0.3 is 14.6 Å². The standard InChI is InChI=1S/C13H16N4O4/c1-3-7-17-11(14-15-16-17)8-21-12-9(13(18)19)5-4-6-10(12)20-2/h4-6H,3,7-8H2,1-2H3,(H,18,19). The van der Waals surface area contributed by atoms with Crippen molar-refractivity contribution in [2.24, 2.45) is 0 Å². The van der Waals surface area contributed by atoms with Gasteiger partial charge in [0.1, 0.15) is 12.2 Å². The van der Waals surface area contributed by atoms with Gasteiger partial charge in [-0.25, -0.2) is 9.48 Å². The second-order valence-corrected chi connectivity index (χ2v) is 4.25. The maximum absolute atomic E-state index is 11.2. The first-order valence-corrected chi connectivity index (χ1v) is 6.45. The number of benzene rings is 1. The summed E-state index contributed by atoms with van der Waals surface area (Å²) in [6.07, 6.45) is 0.882. The Hall–Kier alpha value is -2.64. The van der Waals surface area contributed by atoms with Crippen LogP contribution in [0.25, 0.3) is 0 Å². The summed E-state index contributed by atoms with van der Waals surface area (Å²) < 4.78 is 12.3. The fourth-order valence-electron chi connectivity index (χ4n) is 1.84. The molecule has 1 N–H and O–H groups in total. The molecule has 2 aromatic rings. The van der Waals surface area contributed by atoms with E-state index in [1.807, 2.05) is 6.92 Å². The second kappa shape index (κ2) is 6.69. The SMILES string of the molecule is CCCn1nnnc1COc1c(OC)cccc1C(=O)O. The molecule has 0 radical (unpaired) electrons. The number of tetrazole rings is 1. The summed E-state index contributed by atoms with van der Waals surface area (Å²) in [5.74, 6) is -0.0425. The maximum Gasteiger partial charge on any atom is 0.339 e. The van der Waals surface area contributed by atoms with Crippen molar-refractivity contribution in [2.75, 3.05) is 7.11 Å². The highest BCUT2D eigenvalue weighted by atomic mass is 16.5. The number of carboxylic acids is 1. The third-order valence-corrected chi connectivity index (χ3v) is 2.82. The molecule has 0 amide bonds. The van der Waals surface area contributed by atoms with Crippen molar-refractivity contribution in [1.29, 1.82) is 0 Å². The molecule has 0 saturated carbocycles. The van der Waals surface area contributed by atoms with Crippen LogP contribution < -0.4 is 9.47 Å². The van der Waals surface area contributed by atoms with Crippen molar-refractivity contribution >= 4 is 5.97 Å². The Kier molecular flexibility index (Phi) is 4.70. The Morgan fingerprint density at radius 1 is 1.43 bits per heavy atom. The van der Waals surface area contributed by atoms with Gasteiger partial charge in [0.15, 0.2) is 17.3 Å². The van der Waals surface area contributed by atoms with Crippen LogP contribution in [-0.4, -0.2) is 38.4 Å². The third-order valence-electron chi connectivity index (χ3n) is 2.82. The van der Waals surface area contributed by atoms with Crippen molar-refractivity contribution in [2.45, 2.75) is 26.5 Å². The second-order valence-electron chi connectivity index (χ2n) is 4.25. The average molecular weight is 292 g/mol. The quantitative estimate of drug-likeness (QED) is 0.822. The highest BCUT2D eigenvalue weighted by molar-refractivity contribution is 5.92. The number of hydrogen-bond acceptors (Lipinski definition) is 6. The first-order chi connectivity index (χ1) is 10.2. The molecule has 1 aromatic carbocycles. The first-order valence-electron chi connectivity index (χ1n) is 6.45. The topological polar surface area (TPSA) is 99.4 Å². The van der Waals surface area contributed by atoms with E-state index in [1.165, 1.54) is 13.2 Å². The van der Waals surface area contributed by atoms with Gasteiger partial charge in [0.2, 0.25) is 0 Å². The van der Waals surface area contributed by atoms with E-state index in [4.69, 9.17) is 9.47 Å². The molecule has 0 aliphatic rings. The summed E-state index contributed by atoms with van der Waals surface area (Å²) in [6.45, 7) is 2.74. The van der Waals surface area contributed by atoms with Crippen molar-refractivity contribution in [1.82, 2.24) is 20.2 Å². The maximum atomic E-state index is 11.2. The number of ether oxygens (including phenoxy) is 2. The van der Waals surface area contributed by atoms with Crippen LogP contribution in [-0.2, 0) is 13.2 Å². The number of aryl methyl sites for hydroxylation is 1. The molecule has 1 aromatic heterocycles. The van der Waals surface area contributed by atoms with Crippen LogP contribution in [0.2, 0.25) is 0 Å². The van der Waals surface area contributed by atoms with E-state index in [0.717, 1.165) is 6.42 Å². The van der Waals surface area contributed by atoms with E-state index in [0.29, 0.717) is 18.1 Å². The van der Waals surface area contributed by atoms with Crippen LogP contribution in [0.5, 0.6) is 11.5 Å². The van der Waals surface area contributed by atoms with Gasteiger partial charge in [-0.3, -0.25) is 0 Å². The van der Waals surface area contributed by atoms with Crippen molar-refractivity contribution in [3.63, 3.8) is 0 Å². The molecular weight excluding hydrogens is 276 g/mol. The van der Waals surface area contributed by atoms with E-state index in [2.05, 4.69) is 15.5 Å². The normalized spacial score (nSPS) is 10.4. The summed E-state index contributed by atoms with van der Waals surface area (Å²) in [6, 6.07) is 4.68. The van der Waals surface area contributed by atoms with Crippen LogP contribution in [0.1, 0.15) is 29.5 Å². The number of carbonyl (C=O) groups is 1. The van der Waals surface area contributed by atoms with Crippen LogP contribution in [0.3, 0.4) is 0 Å². The predicted molar refractivity (Wildman–Crippen MR) is 72.4 cm³/mol. The Balaban J connectivity index is 2.22. The van der Waals surface area contributed by atoms with E-state index in [-0.39, 0.29) is 17.9 Å². The molecule has 0 unspecified atom stereocenters. The molecular formula is C13H16N4O4. The minimum absolute atomic E-state index is 0.0314. The fraction of sp³-hybridized carbons (Fsp3) is 0.385. The number of aromatic nitrogens is 4. The number of methoxy groups -OCH3 is 1. The van der Waals surface area contributed by atoms with Gasteiger partial charge in [-0.1, -0.05) is 13.0 Å². The molecule has 0 fully saturated rings. The molecule has 1 heterocycles. The van der Waals surface area contributed by atoms with Gasteiger partial charge >= 0.3 is 5.97 Å². The van der Waals surface area contributed by atoms with Crippen molar-refractivity contribution < 1.29 is 19.4 Å². The van der Waals surface area contributed by atoms with E-state index >= 15 is 0 Å². The van der Waals surface area contributed by atoms with E-state index in [9.17, 15) is 9.90 Å². The summed E-state index contributed by atoms with van der Waals surface area (Å²) >= 11 is 0. The van der Waals surface area contributed by atoms with E-state index in [1.54, 1.807) is 16.8 Å². The largest absolute Gasteiger partial charge is 0.493 e. The Labute approximate surface area is 121 Å². The zero-order valence-electron chi connectivity index (χ0n) is 11.8. The lowest BCUT2D eigenvalue weighted by Crippen LogP contribution is -2.10. The highest BCUT2D eigenvalue weighted by Gasteiger charge is 2.17. The van der Waals surface area contributed by atoms with Gasteiger partial charge in [-0.2, -0.15) is 0 Å². The lowest BCUT2D eigenvalue weighted by atomic mass is 10.2. The summed E-state index contributed by atoms with van der Waals surface area (Å²) in [4.78, 5) is 11.2. The summed E-state index contributed by atoms with van der Waals surface area (Å²) in [7, 11) is 1.45. The minimum Gasteiger partial charge on any atom is -0.493 e. The molecule has 8 heteroatoms. The number of hydrogen-bond donors (Lipinski definition) is 1. The molecule has 0 aliphatic heterocycles. The molecule has 21 heavy (non-hydrogen) atoms. The Bertz CT molecular complexity index is 626. The molecule has 0 atom stereocenters. The third kappa shape index (κ3) is 3.28. The van der Waals surface area contributed by atoms with Crippen LogP contribution >= 0.6 is 0 Å². The first kappa shape index (κ1) is 14.8. The van der Waals surface area contributed by atoms with Gasteiger partial charge in [0.25, 0.3) is 0 Å². The molecule has 2 rings (SSSR count). The number of para-hydroxylation sites is 1. The molecule has 0 aliphatic carbocycles. The lowest BCUT2D eigenvalue weighted by Gasteiger charge is -2.12. The smallest absolute Gasteiger partial charge is 0.339 e. The predicted octanol–water partition coefficient (Wildman–Crippen LogP) is 1.37. The zero-order valence-corrected chi connectivity index (χ0v) is 11.8. The number of aromatic carboxylic acids is 1. The lowest BCUT2D eigenvalue weighted by molar-refractivity contribution is 0.0690.